The van der Waals surface area contributed by atoms with Crippen LogP contribution in [0.25, 0.3) is 0 Å². The Morgan fingerprint density at radius 3 is 2.67 bits per heavy atom. The summed E-state index contributed by atoms with van der Waals surface area (Å²) in [5, 5.41) is 4.88. The highest BCUT2D eigenvalue weighted by Crippen LogP contribution is 2.45. The molecule has 2 aliphatic heterocycles. The fourth-order valence-electron chi connectivity index (χ4n) is 3.44. The zero-order chi connectivity index (χ0) is 15.0. The minimum Gasteiger partial charge on any atom is -0.374 e. The number of rotatable bonds is 6. The Morgan fingerprint density at radius 2 is 2.10 bits per heavy atom. The Labute approximate surface area is 132 Å². The van der Waals surface area contributed by atoms with E-state index in [9.17, 15) is 0 Å². The molecule has 3 rings (SSSR count). The maximum absolute atomic E-state index is 6.02. The number of nitrogens with zero attached hydrogens (tertiary/aromatic N) is 1. The number of fused-ring (bicyclic) bond motifs is 2. The van der Waals surface area contributed by atoms with Crippen molar-refractivity contribution in [3.05, 3.63) is 15.6 Å². The smallest absolute Gasteiger partial charge is 0.0989 e. The van der Waals surface area contributed by atoms with Gasteiger partial charge >= 0.3 is 0 Å². The summed E-state index contributed by atoms with van der Waals surface area (Å²) < 4.78 is 6.02. The molecule has 3 nitrogen and oxygen atoms in total. The molecule has 3 unspecified atom stereocenters. The van der Waals surface area contributed by atoms with Gasteiger partial charge in [-0.25, -0.2) is 4.98 Å². The highest BCUT2D eigenvalue weighted by atomic mass is 32.1. The van der Waals surface area contributed by atoms with Crippen LogP contribution in [0, 0.1) is 5.92 Å². The SMILES string of the molecule is CC(C)Cc1nc(C2CC3CCC2O3)sc1CNC(C)C. The van der Waals surface area contributed by atoms with Gasteiger partial charge in [0, 0.05) is 23.4 Å². The van der Waals surface area contributed by atoms with E-state index in [1.54, 1.807) is 0 Å². The topological polar surface area (TPSA) is 34.1 Å². The molecule has 0 aliphatic carbocycles. The molecule has 3 heterocycles. The molecule has 2 bridgehead atoms. The Kier molecular flexibility index (Phi) is 4.67. The van der Waals surface area contributed by atoms with E-state index in [-0.39, 0.29) is 0 Å². The van der Waals surface area contributed by atoms with Crippen LogP contribution in [0.15, 0.2) is 0 Å². The average Bonchev–Trinajstić information content (AvgIpc) is 3.09. The summed E-state index contributed by atoms with van der Waals surface area (Å²) in [4.78, 5) is 6.47. The quantitative estimate of drug-likeness (QED) is 0.866. The molecule has 2 aliphatic rings. The molecule has 2 fully saturated rings. The zero-order valence-electron chi connectivity index (χ0n) is 13.7. The van der Waals surface area contributed by atoms with Crippen molar-refractivity contribution in [3.63, 3.8) is 0 Å². The van der Waals surface area contributed by atoms with E-state index >= 15 is 0 Å². The number of thiazole rings is 1. The molecule has 21 heavy (non-hydrogen) atoms. The summed E-state index contributed by atoms with van der Waals surface area (Å²) in [5.74, 6) is 1.22. The Hall–Kier alpha value is -0.450. The van der Waals surface area contributed by atoms with Gasteiger partial charge in [-0.1, -0.05) is 27.7 Å². The van der Waals surface area contributed by atoms with Crippen LogP contribution in [0.5, 0.6) is 0 Å². The molecule has 2 saturated heterocycles. The van der Waals surface area contributed by atoms with Gasteiger partial charge in [-0.2, -0.15) is 0 Å². The second kappa shape index (κ2) is 6.35. The molecule has 1 aromatic rings. The van der Waals surface area contributed by atoms with Crippen molar-refractivity contribution in [1.29, 1.82) is 0 Å². The molecule has 0 spiro atoms. The minimum absolute atomic E-state index is 0.443. The number of ether oxygens (including phenoxy) is 1. The van der Waals surface area contributed by atoms with Gasteiger partial charge in [0.2, 0.25) is 0 Å². The lowest BCUT2D eigenvalue weighted by atomic mass is 9.90. The van der Waals surface area contributed by atoms with Crippen molar-refractivity contribution in [2.24, 2.45) is 5.92 Å². The molecule has 0 saturated carbocycles. The van der Waals surface area contributed by atoms with Crippen molar-refractivity contribution in [3.8, 4) is 0 Å². The highest BCUT2D eigenvalue weighted by Gasteiger charge is 2.43. The fraction of sp³-hybridized carbons (Fsp3) is 0.824. The maximum atomic E-state index is 6.02. The first-order valence-corrected chi connectivity index (χ1v) is 9.22. The van der Waals surface area contributed by atoms with E-state index in [0.29, 0.717) is 30.1 Å². The lowest BCUT2D eigenvalue weighted by Gasteiger charge is -2.15. The second-order valence-electron chi connectivity index (χ2n) is 7.27. The molecule has 0 amide bonds. The summed E-state index contributed by atoms with van der Waals surface area (Å²) in [5.41, 5.74) is 1.32. The summed E-state index contributed by atoms with van der Waals surface area (Å²) in [6, 6.07) is 0.522. The monoisotopic (exact) mass is 308 g/mol. The van der Waals surface area contributed by atoms with Crippen LogP contribution in [-0.4, -0.2) is 23.2 Å². The lowest BCUT2D eigenvalue weighted by molar-refractivity contribution is 0.100. The van der Waals surface area contributed by atoms with Gasteiger partial charge in [-0.15, -0.1) is 11.3 Å². The first-order valence-electron chi connectivity index (χ1n) is 8.40. The summed E-state index contributed by atoms with van der Waals surface area (Å²) in [6.07, 6.45) is 5.72. The normalized spacial score (nSPS) is 28.2. The van der Waals surface area contributed by atoms with Crippen LogP contribution in [-0.2, 0) is 17.7 Å². The van der Waals surface area contributed by atoms with Crippen molar-refractivity contribution in [2.75, 3.05) is 0 Å². The van der Waals surface area contributed by atoms with Crippen LogP contribution in [0.3, 0.4) is 0 Å². The van der Waals surface area contributed by atoms with Gasteiger partial charge in [0.25, 0.3) is 0 Å². The molecule has 0 radical (unpaired) electrons. The third-order valence-electron chi connectivity index (χ3n) is 4.49. The standard InChI is InChI=1S/C17H28N2OS/c1-10(2)7-14-16(9-18-11(3)4)21-17(19-14)13-8-12-5-6-15(13)20-12/h10-13,15,18H,5-9H2,1-4H3. The maximum Gasteiger partial charge on any atom is 0.0989 e. The first kappa shape index (κ1) is 15.4. The van der Waals surface area contributed by atoms with Crippen molar-refractivity contribution in [1.82, 2.24) is 10.3 Å². The van der Waals surface area contributed by atoms with E-state index in [1.807, 2.05) is 11.3 Å². The zero-order valence-corrected chi connectivity index (χ0v) is 14.5. The number of hydrogen-bond acceptors (Lipinski definition) is 4. The summed E-state index contributed by atoms with van der Waals surface area (Å²) in [7, 11) is 0. The Morgan fingerprint density at radius 1 is 1.29 bits per heavy atom. The highest BCUT2D eigenvalue weighted by molar-refractivity contribution is 7.11. The van der Waals surface area contributed by atoms with E-state index < -0.39 is 0 Å². The van der Waals surface area contributed by atoms with E-state index in [4.69, 9.17) is 9.72 Å². The van der Waals surface area contributed by atoms with Crippen molar-refractivity contribution < 1.29 is 4.74 Å². The largest absolute Gasteiger partial charge is 0.374 e. The minimum atomic E-state index is 0.443. The molecule has 3 atom stereocenters. The Balaban J connectivity index is 1.77. The molecule has 4 heteroatoms. The third-order valence-corrected chi connectivity index (χ3v) is 5.72. The first-order chi connectivity index (χ1) is 10.0. The summed E-state index contributed by atoms with van der Waals surface area (Å²) >= 11 is 1.93. The van der Waals surface area contributed by atoms with Gasteiger partial charge in [0.15, 0.2) is 0 Å². The van der Waals surface area contributed by atoms with Crippen LogP contribution in [0.4, 0.5) is 0 Å². The summed E-state index contributed by atoms with van der Waals surface area (Å²) in [6.45, 7) is 9.92. The molecular weight excluding hydrogens is 280 g/mol. The predicted molar refractivity (Wildman–Crippen MR) is 87.9 cm³/mol. The van der Waals surface area contributed by atoms with E-state index in [2.05, 4.69) is 33.0 Å². The molecule has 118 valence electrons. The fourth-order valence-corrected chi connectivity index (χ4v) is 4.65. The predicted octanol–water partition coefficient (Wildman–Crippen LogP) is 3.87. The molecule has 1 N–H and O–H groups in total. The van der Waals surface area contributed by atoms with Gasteiger partial charge in [0.1, 0.15) is 0 Å². The lowest BCUT2D eigenvalue weighted by Crippen LogP contribution is -2.22. The number of aromatic nitrogens is 1. The van der Waals surface area contributed by atoms with Gasteiger partial charge in [-0.3, -0.25) is 0 Å². The molecule has 1 aromatic heterocycles. The van der Waals surface area contributed by atoms with Gasteiger partial charge in [-0.05, 0) is 31.6 Å². The van der Waals surface area contributed by atoms with E-state index in [0.717, 1.165) is 13.0 Å². The average molecular weight is 308 g/mol. The number of nitrogens with one attached hydrogen (secondary N) is 1. The van der Waals surface area contributed by atoms with Crippen molar-refractivity contribution >= 4 is 11.3 Å². The van der Waals surface area contributed by atoms with Crippen LogP contribution in [0.2, 0.25) is 0 Å². The van der Waals surface area contributed by atoms with E-state index in [1.165, 1.54) is 34.8 Å². The van der Waals surface area contributed by atoms with Crippen molar-refractivity contribution in [2.45, 2.75) is 84.1 Å². The molecule has 0 aromatic carbocycles. The van der Waals surface area contributed by atoms with Crippen LogP contribution < -0.4 is 5.32 Å². The van der Waals surface area contributed by atoms with Crippen LogP contribution >= 0.6 is 11.3 Å². The second-order valence-corrected chi connectivity index (χ2v) is 8.39. The van der Waals surface area contributed by atoms with Gasteiger partial charge < -0.3 is 10.1 Å². The Bertz CT molecular complexity index is 483. The molecular formula is C17H28N2OS. The number of hydrogen-bond donors (Lipinski definition) is 1. The van der Waals surface area contributed by atoms with Crippen LogP contribution in [0.1, 0.15) is 68.5 Å². The van der Waals surface area contributed by atoms with Gasteiger partial charge in [0.05, 0.1) is 22.9 Å². The third kappa shape index (κ3) is 3.49.